The van der Waals surface area contributed by atoms with Gasteiger partial charge >= 0.3 is 15.4 Å². The molecule has 0 spiro atoms. The van der Waals surface area contributed by atoms with Crippen molar-refractivity contribution in [1.29, 1.82) is 0 Å². The maximum absolute atomic E-state index is 14.3. The van der Waals surface area contributed by atoms with Gasteiger partial charge in [-0.05, 0) is 9.56 Å². The van der Waals surface area contributed by atoms with Crippen LogP contribution in [-0.2, 0) is 14.5 Å². The Morgan fingerprint density at radius 3 is 1.68 bits per heavy atom. The molecule has 1 unspecified atom stereocenters. The van der Waals surface area contributed by atoms with Crippen LogP contribution in [0.25, 0.3) is 0 Å². The minimum atomic E-state index is -5.80. The highest BCUT2D eigenvalue weighted by Gasteiger charge is 2.58. The zero-order valence-electron chi connectivity index (χ0n) is 15.8. The zero-order valence-corrected chi connectivity index (χ0v) is 17.6. The molecule has 0 aromatic heterocycles. The van der Waals surface area contributed by atoms with E-state index in [1.807, 2.05) is 20.8 Å². The van der Waals surface area contributed by atoms with Crippen molar-refractivity contribution in [3.63, 3.8) is 0 Å². The summed E-state index contributed by atoms with van der Waals surface area (Å²) in [7, 11) is -9.22. The van der Waals surface area contributed by atoms with E-state index in [-0.39, 0.29) is 0 Å². The molecule has 0 radical (unpaired) electrons. The van der Waals surface area contributed by atoms with Crippen LogP contribution < -0.4 is 10.4 Å². The second-order valence-electron chi connectivity index (χ2n) is 7.66. The summed E-state index contributed by atoms with van der Waals surface area (Å²) in [5.74, 6) is 0. The van der Waals surface area contributed by atoms with Gasteiger partial charge in [0.25, 0.3) is 0 Å². The van der Waals surface area contributed by atoms with Crippen molar-refractivity contribution in [2.24, 2.45) is 0 Å². The molecule has 0 saturated carbocycles. The summed E-state index contributed by atoms with van der Waals surface area (Å²) in [6, 6.07) is 17.4. The van der Waals surface area contributed by atoms with Crippen LogP contribution in [-0.4, -0.2) is 32.6 Å². The number of aliphatic hydroxyl groups is 1. The second kappa shape index (κ2) is 7.98. The number of benzene rings is 2. The van der Waals surface area contributed by atoms with Gasteiger partial charge < -0.3 is 5.11 Å². The predicted octanol–water partition coefficient (Wildman–Crippen LogP) is 3.16. The Labute approximate surface area is 164 Å². The number of hydrogen-bond donors (Lipinski definition) is 1. The highest BCUT2D eigenvalue weighted by molar-refractivity contribution is 7.87. The lowest BCUT2D eigenvalue weighted by atomic mass is 10.2. The number of hydrogen-bond acceptors (Lipinski definition) is 4. The van der Waals surface area contributed by atoms with Crippen LogP contribution in [0.1, 0.15) is 27.2 Å². The number of aliphatic hydroxyl groups excluding tert-OH is 1. The van der Waals surface area contributed by atoms with Crippen LogP contribution >= 0.6 is 0 Å². The van der Waals surface area contributed by atoms with Crippen molar-refractivity contribution >= 4 is 28.6 Å². The Hall–Kier alpha value is -1.68. The average molecular weight is 433 g/mol. The number of alkyl halides is 2. The topological polar surface area (TPSA) is 63.6 Å². The first-order valence-corrected chi connectivity index (χ1v) is 12.1. The molecule has 0 fully saturated rings. The molecule has 0 amide bonds. The monoisotopic (exact) mass is 432 g/mol. The molecule has 0 aliphatic heterocycles. The van der Waals surface area contributed by atoms with E-state index in [1.54, 1.807) is 60.7 Å². The van der Waals surface area contributed by atoms with Crippen LogP contribution in [0.2, 0.25) is 5.04 Å². The molecule has 28 heavy (non-hydrogen) atoms. The Kier molecular flexibility index (Phi) is 6.44. The Morgan fingerprint density at radius 1 is 0.964 bits per heavy atom. The summed E-state index contributed by atoms with van der Waals surface area (Å²) in [5.41, 5.74) is -1.74. The maximum Gasteiger partial charge on any atom is 0.374 e. The van der Waals surface area contributed by atoms with E-state index in [4.69, 9.17) is 0 Å². The van der Waals surface area contributed by atoms with E-state index in [0.717, 1.165) is 0 Å². The van der Waals surface area contributed by atoms with Crippen LogP contribution in [0.5, 0.6) is 0 Å². The Bertz CT molecular complexity index is 845. The summed E-state index contributed by atoms with van der Waals surface area (Å²) in [5, 5.41) is 7.18. The first-order valence-electron chi connectivity index (χ1n) is 8.62. The van der Waals surface area contributed by atoms with E-state index in [2.05, 4.69) is 4.39 Å². The van der Waals surface area contributed by atoms with Crippen LogP contribution in [0, 0.1) is 0 Å². The molecule has 1 atom stereocenters. The normalized spacial score (nSPS) is 14.7. The van der Waals surface area contributed by atoms with E-state index >= 15 is 0 Å². The van der Waals surface area contributed by atoms with E-state index in [0.29, 0.717) is 10.4 Å². The fraction of sp³-hybridized carbons (Fsp3) is 0.368. The molecule has 4 nitrogen and oxygen atoms in total. The van der Waals surface area contributed by atoms with Gasteiger partial charge in [-0.1, -0.05) is 96.2 Å². The standard InChI is InChI=1S/C19H23F3O4SSi/c1-18(2,3)28(15-10-6-4-7-11-15,16-12-8-5-9-13-16)17(23)14-19(20,21)27(24,25)26-22/h4-13,17,23H,14H2,1-3H3. The minimum Gasteiger partial charge on any atom is -0.395 e. The SMILES string of the molecule is CC(C)(C)[Si](c1ccccc1)(c1ccccc1)C(O)CC(F)(F)S(=O)(=O)OF. The van der Waals surface area contributed by atoms with Crippen LogP contribution in [0.3, 0.4) is 0 Å². The van der Waals surface area contributed by atoms with Crippen molar-refractivity contribution in [2.75, 3.05) is 0 Å². The summed E-state index contributed by atoms with van der Waals surface area (Å²) in [4.78, 5) is 0. The first-order chi connectivity index (χ1) is 12.9. The van der Waals surface area contributed by atoms with Gasteiger partial charge in [0.2, 0.25) is 0 Å². The molecule has 0 aliphatic carbocycles. The van der Waals surface area contributed by atoms with Gasteiger partial charge in [-0.15, -0.1) is 0 Å². The average Bonchev–Trinajstić information content (AvgIpc) is 2.62. The molecule has 0 aliphatic rings. The summed E-state index contributed by atoms with van der Waals surface area (Å²) in [6.45, 7) is 5.46. The van der Waals surface area contributed by atoms with Gasteiger partial charge in [0.05, 0.1) is 12.1 Å². The molecular formula is C19H23F3O4SSi. The van der Waals surface area contributed by atoms with Crippen molar-refractivity contribution < 1.29 is 31.2 Å². The number of halogens is 3. The van der Waals surface area contributed by atoms with Gasteiger partial charge in [-0.2, -0.15) is 17.2 Å². The molecule has 2 aromatic carbocycles. The summed E-state index contributed by atoms with van der Waals surface area (Å²) in [6.07, 6.45) is -1.48. The molecule has 9 heteroatoms. The lowest BCUT2D eigenvalue weighted by Crippen LogP contribution is -2.72. The van der Waals surface area contributed by atoms with E-state index < -0.39 is 40.6 Å². The van der Waals surface area contributed by atoms with Gasteiger partial charge in [0, 0.05) is 0 Å². The third-order valence-electron chi connectivity index (χ3n) is 5.02. The van der Waals surface area contributed by atoms with Crippen molar-refractivity contribution in [3.05, 3.63) is 60.7 Å². The van der Waals surface area contributed by atoms with Gasteiger partial charge in [-0.25, -0.2) is 0 Å². The van der Waals surface area contributed by atoms with E-state index in [9.17, 15) is 26.8 Å². The molecule has 1 N–H and O–H groups in total. The highest BCUT2D eigenvalue weighted by atomic mass is 32.2. The predicted molar refractivity (Wildman–Crippen MR) is 104 cm³/mol. The smallest absolute Gasteiger partial charge is 0.374 e. The molecule has 0 bridgehead atoms. The minimum absolute atomic E-state index is 0.663. The zero-order chi connectivity index (χ0) is 21.2. The van der Waals surface area contributed by atoms with E-state index in [1.165, 1.54) is 0 Å². The molecule has 2 rings (SSSR count). The van der Waals surface area contributed by atoms with Crippen LogP contribution in [0.4, 0.5) is 13.3 Å². The van der Waals surface area contributed by atoms with Crippen molar-refractivity contribution in [3.8, 4) is 0 Å². The highest BCUT2D eigenvalue weighted by Crippen LogP contribution is 2.42. The second-order valence-corrected chi connectivity index (χ2v) is 14.2. The van der Waals surface area contributed by atoms with Crippen molar-refractivity contribution in [1.82, 2.24) is 0 Å². The lowest BCUT2D eigenvalue weighted by Gasteiger charge is -2.47. The van der Waals surface area contributed by atoms with Gasteiger partial charge in [-0.3, -0.25) is 0 Å². The first kappa shape index (κ1) is 22.6. The molecule has 0 saturated heterocycles. The van der Waals surface area contributed by atoms with Crippen LogP contribution in [0.15, 0.2) is 60.7 Å². The van der Waals surface area contributed by atoms with Crippen molar-refractivity contribution in [2.45, 2.75) is 43.2 Å². The largest absolute Gasteiger partial charge is 0.395 e. The Balaban J connectivity index is 2.75. The molecule has 0 heterocycles. The molecule has 2 aromatic rings. The fourth-order valence-corrected chi connectivity index (χ4v) is 10.3. The Morgan fingerprint density at radius 2 is 1.36 bits per heavy atom. The third kappa shape index (κ3) is 3.89. The molecule has 154 valence electrons. The number of rotatable bonds is 7. The maximum atomic E-state index is 14.3. The third-order valence-corrected chi connectivity index (χ3v) is 12.1. The summed E-state index contributed by atoms with van der Waals surface area (Å²) >= 11 is 0. The summed E-state index contributed by atoms with van der Waals surface area (Å²) < 4.78 is 66.1. The fourth-order valence-electron chi connectivity index (χ4n) is 3.85. The quantitative estimate of drug-likeness (QED) is 0.683. The van der Waals surface area contributed by atoms with Gasteiger partial charge in [0.15, 0.2) is 8.07 Å². The van der Waals surface area contributed by atoms with Gasteiger partial charge in [0.1, 0.15) is 0 Å². The lowest BCUT2D eigenvalue weighted by molar-refractivity contribution is -0.0357. The molecular weight excluding hydrogens is 409 g/mol.